The van der Waals surface area contributed by atoms with Crippen LogP contribution in [0.15, 0.2) is 84.4 Å². The Morgan fingerprint density at radius 2 is 1.81 bits per heavy atom. The summed E-state index contributed by atoms with van der Waals surface area (Å²) in [7, 11) is 1.68. The van der Waals surface area contributed by atoms with Gasteiger partial charge in [0.15, 0.2) is 4.96 Å². The third-order valence-electron chi connectivity index (χ3n) is 6.75. The Labute approximate surface area is 216 Å². The van der Waals surface area contributed by atoms with E-state index in [0.717, 1.165) is 40.3 Å². The highest BCUT2D eigenvalue weighted by atomic mass is 32.1. The van der Waals surface area contributed by atoms with Gasteiger partial charge < -0.3 is 9.64 Å². The maximum atomic E-state index is 13.6. The Balaban J connectivity index is 1.35. The molecule has 5 rings (SSSR count). The van der Waals surface area contributed by atoms with Gasteiger partial charge in [-0.1, -0.05) is 73.7 Å². The molecule has 2 heterocycles. The molecule has 0 saturated heterocycles. The number of carbonyl (C=O) groups is 1. The van der Waals surface area contributed by atoms with Crippen molar-refractivity contribution < 1.29 is 9.53 Å². The van der Waals surface area contributed by atoms with Crippen LogP contribution in [0.1, 0.15) is 30.5 Å². The second-order valence-electron chi connectivity index (χ2n) is 9.01. The summed E-state index contributed by atoms with van der Waals surface area (Å²) in [5.41, 5.74) is 4.31. The summed E-state index contributed by atoms with van der Waals surface area (Å²) in [6, 6.07) is 24.9. The quantitative estimate of drug-likeness (QED) is 0.223. The van der Waals surface area contributed by atoms with Crippen LogP contribution < -0.4 is 0 Å². The molecule has 2 aromatic heterocycles. The number of aromatic nitrogens is 2. The Morgan fingerprint density at radius 3 is 2.58 bits per heavy atom. The molecule has 0 radical (unpaired) electrons. The molecule has 0 bridgehead atoms. The van der Waals surface area contributed by atoms with Gasteiger partial charge in [-0.3, -0.25) is 9.20 Å². The largest absolute Gasteiger partial charge is 0.383 e. The molecule has 0 aliphatic heterocycles. The normalized spacial score (nSPS) is 12.3. The van der Waals surface area contributed by atoms with E-state index in [1.54, 1.807) is 18.4 Å². The van der Waals surface area contributed by atoms with Crippen molar-refractivity contribution in [2.45, 2.75) is 25.7 Å². The zero-order chi connectivity index (χ0) is 24.9. The number of ether oxygens (including phenoxy) is 1. The first kappa shape index (κ1) is 24.2. The van der Waals surface area contributed by atoms with Crippen LogP contribution in [-0.2, 0) is 16.0 Å². The van der Waals surface area contributed by atoms with E-state index in [0.29, 0.717) is 19.7 Å². The van der Waals surface area contributed by atoms with Gasteiger partial charge in [-0.25, -0.2) is 4.98 Å². The highest BCUT2D eigenvalue weighted by Gasteiger charge is 2.24. The van der Waals surface area contributed by atoms with Gasteiger partial charge >= 0.3 is 0 Å². The lowest BCUT2D eigenvalue weighted by Crippen LogP contribution is -2.39. The predicted octanol–water partition coefficient (Wildman–Crippen LogP) is 6.43. The third kappa shape index (κ3) is 5.06. The molecule has 184 valence electrons. The van der Waals surface area contributed by atoms with E-state index in [1.165, 1.54) is 10.8 Å². The summed E-state index contributed by atoms with van der Waals surface area (Å²) in [4.78, 5) is 21.4. The Hall–Kier alpha value is -3.48. The summed E-state index contributed by atoms with van der Waals surface area (Å²) >= 11 is 1.64. The lowest BCUT2D eigenvalue weighted by atomic mass is 9.95. The van der Waals surface area contributed by atoms with Gasteiger partial charge in [0.25, 0.3) is 0 Å². The minimum Gasteiger partial charge on any atom is -0.383 e. The molecule has 1 amide bonds. The van der Waals surface area contributed by atoms with Crippen LogP contribution in [0.3, 0.4) is 0 Å². The first-order valence-electron chi connectivity index (χ1n) is 12.4. The van der Waals surface area contributed by atoms with Crippen molar-refractivity contribution in [3.63, 3.8) is 0 Å². The number of fused-ring (bicyclic) bond motifs is 2. The van der Waals surface area contributed by atoms with Crippen LogP contribution >= 0.6 is 11.3 Å². The van der Waals surface area contributed by atoms with Gasteiger partial charge in [0.1, 0.15) is 0 Å². The van der Waals surface area contributed by atoms with E-state index < -0.39 is 0 Å². The molecule has 0 saturated carbocycles. The fourth-order valence-electron chi connectivity index (χ4n) is 4.74. The number of methoxy groups -OCH3 is 1. The number of hydrogen-bond donors (Lipinski definition) is 0. The summed E-state index contributed by atoms with van der Waals surface area (Å²) < 4.78 is 7.49. The minimum atomic E-state index is -0.140. The lowest BCUT2D eigenvalue weighted by molar-refractivity contribution is -0.133. The van der Waals surface area contributed by atoms with Crippen LogP contribution in [-0.4, -0.2) is 47.0 Å². The average Bonchev–Trinajstić information content (AvgIpc) is 3.51. The molecule has 3 aromatic carbocycles. The molecule has 0 aliphatic carbocycles. The molecule has 6 heteroatoms. The van der Waals surface area contributed by atoms with E-state index in [-0.39, 0.29) is 11.8 Å². The van der Waals surface area contributed by atoms with E-state index in [1.807, 2.05) is 35.2 Å². The number of imidazole rings is 1. The molecule has 1 atom stereocenters. The van der Waals surface area contributed by atoms with Crippen molar-refractivity contribution >= 4 is 33.0 Å². The summed E-state index contributed by atoms with van der Waals surface area (Å²) in [6.45, 7) is 3.82. The van der Waals surface area contributed by atoms with Crippen LogP contribution in [0.25, 0.3) is 27.0 Å². The molecule has 5 aromatic rings. The number of thiazole rings is 1. The molecule has 0 aliphatic rings. The Morgan fingerprint density at radius 1 is 1.03 bits per heavy atom. The maximum absolute atomic E-state index is 13.6. The van der Waals surface area contributed by atoms with E-state index in [4.69, 9.17) is 9.72 Å². The zero-order valence-electron chi connectivity index (χ0n) is 20.8. The molecular weight excluding hydrogens is 466 g/mol. The highest BCUT2D eigenvalue weighted by Crippen LogP contribution is 2.27. The van der Waals surface area contributed by atoms with Crippen molar-refractivity contribution in [1.29, 1.82) is 0 Å². The van der Waals surface area contributed by atoms with Crippen molar-refractivity contribution in [3.8, 4) is 11.3 Å². The highest BCUT2D eigenvalue weighted by molar-refractivity contribution is 7.15. The second kappa shape index (κ2) is 11.1. The molecule has 5 nitrogen and oxygen atoms in total. The maximum Gasteiger partial charge on any atom is 0.230 e. The van der Waals surface area contributed by atoms with Gasteiger partial charge in [0.2, 0.25) is 5.91 Å². The number of nitrogens with zero attached hydrogens (tertiary/aromatic N) is 3. The molecular formula is C30H31N3O2S. The van der Waals surface area contributed by atoms with Crippen LogP contribution in [0.2, 0.25) is 0 Å². The number of rotatable bonds is 10. The first-order chi connectivity index (χ1) is 17.7. The van der Waals surface area contributed by atoms with Crippen LogP contribution in [0, 0.1) is 0 Å². The average molecular weight is 498 g/mol. The molecule has 1 unspecified atom stereocenters. The molecule has 36 heavy (non-hydrogen) atoms. The monoisotopic (exact) mass is 497 g/mol. The van der Waals surface area contributed by atoms with Crippen molar-refractivity contribution in [2.24, 2.45) is 0 Å². The number of benzene rings is 3. The molecule has 0 N–H and O–H groups in total. The summed E-state index contributed by atoms with van der Waals surface area (Å²) in [5, 5.41) is 4.59. The smallest absolute Gasteiger partial charge is 0.230 e. The summed E-state index contributed by atoms with van der Waals surface area (Å²) in [5.74, 6) is 0.0213. The first-order valence-corrected chi connectivity index (χ1v) is 13.3. The lowest BCUT2D eigenvalue weighted by Gasteiger charge is -2.27. The van der Waals surface area contributed by atoms with Crippen molar-refractivity contribution in [2.75, 3.05) is 26.8 Å². The van der Waals surface area contributed by atoms with Gasteiger partial charge in [0, 0.05) is 49.5 Å². The zero-order valence-corrected chi connectivity index (χ0v) is 21.6. The SMILES string of the molecule is CCC(C(=O)N(CCOC)CCc1csc2nc(-c3ccc4ccccc4c3)cn12)c1ccccc1. The predicted molar refractivity (Wildman–Crippen MR) is 148 cm³/mol. The Bertz CT molecular complexity index is 1460. The minimum absolute atomic E-state index is 0.140. The summed E-state index contributed by atoms with van der Waals surface area (Å²) in [6.07, 6.45) is 3.64. The Kier molecular flexibility index (Phi) is 7.44. The number of amides is 1. The topological polar surface area (TPSA) is 46.8 Å². The van der Waals surface area contributed by atoms with E-state index in [9.17, 15) is 4.79 Å². The molecule has 0 fully saturated rings. The van der Waals surface area contributed by atoms with Gasteiger partial charge in [-0.2, -0.15) is 0 Å². The third-order valence-corrected chi connectivity index (χ3v) is 7.64. The second-order valence-corrected chi connectivity index (χ2v) is 9.84. The standard InChI is InChI=1S/C30H31N3O2S/c1-3-27(23-10-5-4-6-11-23)29(34)32(17-18-35-2)16-15-26-21-36-30-31-28(20-33(26)30)25-14-13-22-9-7-8-12-24(22)19-25/h4-14,19-21,27H,3,15-18H2,1-2H3. The number of carbonyl (C=O) groups excluding carboxylic acids is 1. The molecule has 0 spiro atoms. The van der Waals surface area contributed by atoms with Crippen molar-refractivity contribution in [3.05, 3.63) is 95.6 Å². The fraction of sp³-hybridized carbons (Fsp3) is 0.267. The van der Waals surface area contributed by atoms with E-state index >= 15 is 0 Å². The fourth-order valence-corrected chi connectivity index (χ4v) is 5.65. The van der Waals surface area contributed by atoms with Crippen LogP contribution in [0.4, 0.5) is 0 Å². The van der Waals surface area contributed by atoms with Crippen LogP contribution in [0.5, 0.6) is 0 Å². The van der Waals surface area contributed by atoms with Crippen molar-refractivity contribution in [1.82, 2.24) is 14.3 Å². The van der Waals surface area contributed by atoms with Gasteiger partial charge in [-0.15, -0.1) is 11.3 Å². The van der Waals surface area contributed by atoms with Gasteiger partial charge in [-0.05, 0) is 28.8 Å². The number of hydrogen-bond acceptors (Lipinski definition) is 4. The van der Waals surface area contributed by atoms with Gasteiger partial charge in [0.05, 0.1) is 18.2 Å². The van der Waals surface area contributed by atoms with E-state index in [2.05, 4.69) is 65.4 Å².